The number of esters is 8. The van der Waals surface area contributed by atoms with Gasteiger partial charge in [-0.2, -0.15) is 0 Å². The Labute approximate surface area is 732 Å². The van der Waals surface area contributed by atoms with E-state index >= 15 is 14.4 Å². The van der Waals surface area contributed by atoms with E-state index in [4.69, 9.17) is 65.7 Å². The fourth-order valence-corrected chi connectivity index (χ4v) is 14.8. The third-order valence-corrected chi connectivity index (χ3v) is 21.2. The van der Waals surface area contributed by atoms with Gasteiger partial charge < -0.3 is 209 Å². The van der Waals surface area contributed by atoms with Crippen molar-refractivity contribution in [2.45, 2.75) is 61.4 Å². The van der Waals surface area contributed by atoms with Gasteiger partial charge in [0.05, 0.1) is 44.2 Å². The van der Waals surface area contributed by atoms with E-state index in [0.29, 0.717) is 48.5 Å². The molecule has 2 unspecified atom stereocenters. The van der Waals surface area contributed by atoms with Gasteiger partial charge in [0.15, 0.2) is 175 Å². The van der Waals surface area contributed by atoms with Crippen molar-refractivity contribution < 1.29 is 247 Å². The van der Waals surface area contributed by atoms with E-state index in [1.54, 1.807) is 0 Å². The highest BCUT2D eigenvalue weighted by Gasteiger charge is 2.57. The first kappa shape index (κ1) is 88.6. The van der Waals surface area contributed by atoms with Crippen LogP contribution in [0.15, 0.2) is 91.2 Å². The Bertz CT molecular complexity index is 7280. The van der Waals surface area contributed by atoms with Gasteiger partial charge in [0.1, 0.15) is 36.5 Å². The standard InChI is InChI=1S/C82H54O52/c83-25-1-15(2-26(84)45(25)93)71(109)131-67-63-37(13-121-73(111)17-5-29(87)47(95)55(103)39(17)40-18(75(113)127-63)6-30(88)48(96)56(40)104)125-81(119)69(67)133-79(117)23-9-32(90)50(98)59(107)61(23)123-35-11-21-42(58(106)53(35)101)41-19(7-31(89)49(97)57(41)105)76(114)128-64-38(14-122-74(21)112)126-82(120)70(68(64)132-72(110)16-3-27(85)46(94)28(86)4-16)134-80(118)24-10-33(91)51(99)60(108)62(24)124-36-12-22-44-43-20(77(115)130-66(44)54(36)102)8-34(92)52(100)65(43)129-78(22)116/h1-12,37-38,63-64,67-70,81-108,119-120H,13-14H2/t37-,38-,63-,64-,67+,68+,69-,70-,81?,82?/m1/s1. The molecule has 0 aliphatic carbocycles. The van der Waals surface area contributed by atoms with Crippen molar-refractivity contribution in [1.82, 2.24) is 0 Å². The number of hydrogen-bond donors (Lipinski definition) is 28. The number of carbonyl (C=O) groups excluding carboxylic acids is 8. The van der Waals surface area contributed by atoms with Crippen LogP contribution in [0.3, 0.4) is 0 Å². The lowest BCUT2D eigenvalue weighted by Gasteiger charge is -2.42. The number of benzene rings is 10. The van der Waals surface area contributed by atoms with Crippen LogP contribution in [-0.2, 0) is 47.4 Å². The number of fused-ring (bicyclic) bond motifs is 8. The van der Waals surface area contributed by atoms with Crippen molar-refractivity contribution in [1.29, 1.82) is 0 Å². The Balaban J connectivity index is 0.765. The molecule has 694 valence electrons. The Kier molecular flexibility index (Phi) is 21.3. The Hall–Kier alpha value is -18.9. The lowest BCUT2D eigenvalue weighted by Crippen LogP contribution is -2.62. The summed E-state index contributed by atoms with van der Waals surface area (Å²) in [6.07, 6.45) is -27.6. The molecule has 6 heterocycles. The number of cyclic esters (lactones) is 2. The SMILES string of the molecule is O=C(O[C@H]1[C@@H]2OC(=O)c3cc(O)c(O)c(O)c3-c3c(cc(O)c(O)c3O)C(=O)OC[C@H]2OC(O)[C@@H]1OC(=O)c1cc(O)c(O)c(O)c1Oc1cc2c(c(O)c1O)-c1c(cc(O)c(O)c1O)C(=O)O[C@H]1[C@H](OC(=O)c3cc(O)c(O)c(O)c3)[C@@H](OC(=O)c3cc(O)c(O)c(O)c3Oc3cc4c(=O)oc5c(O)c(O)cc6c(=O)oc(c3O)c4c56)C(O)O[C@@H]1COC2=O)c1cc(O)c(O)c(O)c1. The number of aromatic hydroxyl groups is 26. The highest BCUT2D eigenvalue weighted by Crippen LogP contribution is 2.59. The van der Waals surface area contributed by atoms with E-state index in [9.17, 15) is 177 Å². The second-order valence-corrected chi connectivity index (χ2v) is 29.2. The van der Waals surface area contributed by atoms with Crippen LogP contribution in [0.4, 0.5) is 0 Å². The topological polar surface area (TPSA) is 874 Å². The van der Waals surface area contributed by atoms with Gasteiger partial charge >= 0.3 is 59.0 Å². The molecule has 0 spiro atoms. The normalized spacial score (nSPS) is 19.4. The van der Waals surface area contributed by atoms with Crippen molar-refractivity contribution in [3.8, 4) is 195 Å². The number of aliphatic hydroxyl groups excluding tert-OH is 2. The number of carbonyl (C=O) groups is 8. The van der Waals surface area contributed by atoms with E-state index < -0.39 is 406 Å². The van der Waals surface area contributed by atoms with Crippen molar-refractivity contribution in [2.75, 3.05) is 13.2 Å². The molecule has 4 aliphatic rings. The molecule has 2 fully saturated rings. The molecule has 4 aliphatic heterocycles. The van der Waals surface area contributed by atoms with Crippen molar-refractivity contribution in [2.24, 2.45) is 0 Å². The van der Waals surface area contributed by atoms with Crippen molar-refractivity contribution in [3.05, 3.63) is 138 Å². The molecule has 12 aromatic rings. The quantitative estimate of drug-likeness (QED) is 0.0274. The first-order valence-electron chi connectivity index (χ1n) is 37.2. The second-order valence-electron chi connectivity index (χ2n) is 29.2. The van der Waals surface area contributed by atoms with Gasteiger partial charge in [-0.15, -0.1) is 0 Å². The maximum Gasteiger partial charge on any atom is 0.344 e. The molecule has 10 atom stereocenters. The van der Waals surface area contributed by atoms with Crippen LogP contribution in [0.25, 0.3) is 55.0 Å². The van der Waals surface area contributed by atoms with Crippen LogP contribution in [0, 0.1) is 0 Å². The van der Waals surface area contributed by atoms with E-state index in [-0.39, 0.29) is 24.3 Å². The average Bonchev–Trinajstić information content (AvgIpc) is 0.761. The van der Waals surface area contributed by atoms with Gasteiger partial charge in [0.25, 0.3) is 0 Å². The molecule has 16 rings (SSSR count). The van der Waals surface area contributed by atoms with Gasteiger partial charge in [-0.25, -0.2) is 47.9 Å². The molecule has 0 saturated carbocycles. The molecule has 0 bridgehead atoms. The summed E-state index contributed by atoms with van der Waals surface area (Å²) < 4.78 is 77.8. The molecular formula is C82H54O52. The summed E-state index contributed by atoms with van der Waals surface area (Å²) in [5.41, 5.74) is -20.1. The Morgan fingerprint density at radius 1 is 0.291 bits per heavy atom. The monoisotopic (exact) mass is 1870 g/mol. The number of hydrogen-bond acceptors (Lipinski definition) is 52. The van der Waals surface area contributed by atoms with Crippen LogP contribution in [0.1, 0.15) is 82.9 Å². The summed E-state index contributed by atoms with van der Waals surface area (Å²) in [4.78, 5) is 145. The predicted octanol–water partition coefficient (Wildman–Crippen LogP) is 3.48. The van der Waals surface area contributed by atoms with Gasteiger partial charge in [0, 0.05) is 57.3 Å². The number of phenolic OH excluding ortho intramolecular Hbond substituents is 26. The second kappa shape index (κ2) is 32.2. The number of ether oxygens (including phenoxy) is 12. The minimum Gasteiger partial charge on any atom is -0.504 e. The smallest absolute Gasteiger partial charge is 0.344 e. The van der Waals surface area contributed by atoms with Gasteiger partial charge in [-0.1, -0.05) is 0 Å². The summed E-state index contributed by atoms with van der Waals surface area (Å²) in [5.74, 6) is -60.2. The average molecular weight is 1870 g/mol. The summed E-state index contributed by atoms with van der Waals surface area (Å²) in [6, 6.07) is 4.34. The first-order chi connectivity index (χ1) is 63.2. The summed E-state index contributed by atoms with van der Waals surface area (Å²) in [6.45, 7) is -3.01. The summed E-state index contributed by atoms with van der Waals surface area (Å²) in [5, 5.41) is 308. The van der Waals surface area contributed by atoms with Crippen LogP contribution < -0.4 is 20.7 Å². The molecule has 10 aromatic carbocycles. The minimum atomic E-state index is -2.98. The number of rotatable bonds is 12. The third-order valence-electron chi connectivity index (χ3n) is 21.2. The van der Waals surface area contributed by atoms with E-state index in [1.165, 1.54) is 0 Å². The van der Waals surface area contributed by atoms with Gasteiger partial charge in [-0.05, 0) is 48.5 Å². The molecule has 52 heteroatoms. The van der Waals surface area contributed by atoms with Crippen LogP contribution in [0.2, 0.25) is 0 Å². The molecule has 52 nitrogen and oxygen atoms in total. The molecule has 2 aromatic heterocycles. The molecule has 28 N–H and O–H groups in total. The predicted molar refractivity (Wildman–Crippen MR) is 418 cm³/mol. The highest BCUT2D eigenvalue weighted by atomic mass is 16.7. The Morgan fingerprint density at radius 3 is 0.970 bits per heavy atom. The number of phenols is 26. The zero-order valence-electron chi connectivity index (χ0n) is 65.4. The zero-order chi connectivity index (χ0) is 97.1. The van der Waals surface area contributed by atoms with Crippen LogP contribution >= 0.6 is 0 Å². The zero-order valence-corrected chi connectivity index (χ0v) is 65.4. The van der Waals surface area contributed by atoms with Crippen molar-refractivity contribution >= 4 is 80.5 Å². The fraction of sp³-hybridized carbons (Fsp3) is 0.146. The van der Waals surface area contributed by atoms with Crippen LogP contribution in [-0.4, -0.2) is 265 Å². The third kappa shape index (κ3) is 14.3. The van der Waals surface area contributed by atoms with E-state index in [2.05, 4.69) is 0 Å². The maximum atomic E-state index is 15.3. The molecule has 2 saturated heterocycles. The molecular weight excluding hydrogens is 1820 g/mol. The molecule has 0 radical (unpaired) electrons. The molecule has 0 amide bonds. The summed E-state index contributed by atoms with van der Waals surface area (Å²) in [7, 11) is 0. The fourth-order valence-electron chi connectivity index (χ4n) is 14.8. The van der Waals surface area contributed by atoms with E-state index in [0.717, 1.165) is 0 Å². The lowest BCUT2D eigenvalue weighted by molar-refractivity contribution is -0.284. The van der Waals surface area contributed by atoms with Gasteiger partial charge in [-0.3, -0.25) is 0 Å². The Morgan fingerprint density at radius 2 is 0.590 bits per heavy atom. The number of aliphatic hydroxyl groups is 2. The molecule has 134 heavy (non-hydrogen) atoms. The van der Waals surface area contributed by atoms with E-state index in [1.807, 2.05) is 0 Å². The highest BCUT2D eigenvalue weighted by molar-refractivity contribution is 6.22. The summed E-state index contributed by atoms with van der Waals surface area (Å²) >= 11 is 0. The van der Waals surface area contributed by atoms with Crippen molar-refractivity contribution in [3.63, 3.8) is 0 Å². The lowest BCUT2D eigenvalue weighted by atomic mass is 9.91. The first-order valence-corrected chi connectivity index (χ1v) is 37.2. The van der Waals surface area contributed by atoms with Crippen LogP contribution in [0.5, 0.6) is 172 Å². The largest absolute Gasteiger partial charge is 0.504 e. The minimum absolute atomic E-state index is 0.123. The maximum absolute atomic E-state index is 15.3. The van der Waals surface area contributed by atoms with Gasteiger partial charge in [0.2, 0.25) is 57.5 Å².